The molecule has 1 aliphatic rings. The Morgan fingerprint density at radius 1 is 0.618 bits per heavy atom. The van der Waals surface area contributed by atoms with Gasteiger partial charge in [-0.25, -0.2) is 0 Å². The van der Waals surface area contributed by atoms with E-state index < -0.39 is 72.5 Å². The number of rotatable bonds is 7. The minimum absolute atomic E-state index is 0.189. The molecule has 0 bridgehead atoms. The number of hydrogen-bond donors (Lipinski definition) is 0. The summed E-state index contributed by atoms with van der Waals surface area (Å²) in [7, 11) is 0. The van der Waals surface area contributed by atoms with Crippen LogP contribution in [0.1, 0.15) is 19.8 Å². The van der Waals surface area contributed by atoms with Crippen LogP contribution in [-0.4, -0.2) is 71.5 Å². The molecule has 0 aliphatic carbocycles. The second kappa shape index (κ2) is 8.16. The maximum Gasteiger partial charge on any atom is 0.460 e. The molecule has 0 saturated carbocycles. The van der Waals surface area contributed by atoms with Gasteiger partial charge in [-0.05, 0) is 18.8 Å². The van der Waals surface area contributed by atoms with E-state index in [1.807, 2.05) is 0 Å². The average molecular weight is 545 g/mol. The summed E-state index contributed by atoms with van der Waals surface area (Å²) in [6, 6.07) is 0. The lowest BCUT2D eigenvalue weighted by atomic mass is 9.88. The van der Waals surface area contributed by atoms with Crippen molar-refractivity contribution >= 4 is 5.91 Å². The Labute approximate surface area is 178 Å². The number of carbonyl (C=O) groups excluding carboxylic acids is 1. The zero-order chi connectivity index (χ0) is 27.6. The fourth-order valence-electron chi connectivity index (χ4n) is 2.87. The van der Waals surface area contributed by atoms with E-state index in [0.717, 1.165) is 0 Å². The van der Waals surface area contributed by atoms with Crippen LogP contribution in [0.3, 0.4) is 0 Å². The number of nitrogens with zero attached hydrogens (tertiary/aromatic N) is 1. The summed E-state index contributed by atoms with van der Waals surface area (Å²) in [6.07, 6.45) is -7.81. The van der Waals surface area contributed by atoms with Crippen LogP contribution in [0.25, 0.3) is 0 Å². The minimum Gasteiger partial charge on any atom is -0.337 e. The van der Waals surface area contributed by atoms with Crippen molar-refractivity contribution in [2.45, 2.75) is 67.4 Å². The third-order valence-electron chi connectivity index (χ3n) is 4.93. The molecule has 1 fully saturated rings. The van der Waals surface area contributed by atoms with Gasteiger partial charge in [-0.3, -0.25) is 4.79 Å². The lowest BCUT2D eigenvalue weighted by Gasteiger charge is -2.43. The molecule has 0 radical (unpaired) electrons. The second-order valence-electron chi connectivity index (χ2n) is 7.52. The number of alkyl halides is 17. The van der Waals surface area contributed by atoms with E-state index in [1.165, 1.54) is 6.92 Å². The molecule has 0 aromatic heterocycles. The zero-order valence-corrected chi connectivity index (χ0v) is 16.2. The highest BCUT2D eigenvalue weighted by Crippen LogP contribution is 2.64. The first kappa shape index (κ1) is 30.3. The monoisotopic (exact) mass is 545 g/mol. The Morgan fingerprint density at radius 2 is 0.971 bits per heavy atom. The molecular formula is C15H12F17NO. The molecule has 1 amide bonds. The number of likely N-dealkylation sites (tertiary alicyclic amines) is 1. The molecule has 0 aromatic rings. The summed E-state index contributed by atoms with van der Waals surface area (Å²) in [5.74, 6) is -61.7. The summed E-state index contributed by atoms with van der Waals surface area (Å²) < 4.78 is 225. The molecule has 1 atom stereocenters. The highest BCUT2D eigenvalue weighted by atomic mass is 19.4. The van der Waals surface area contributed by atoms with E-state index in [4.69, 9.17) is 0 Å². The summed E-state index contributed by atoms with van der Waals surface area (Å²) in [6.45, 7) is -0.427. The molecule has 34 heavy (non-hydrogen) atoms. The summed E-state index contributed by atoms with van der Waals surface area (Å²) in [5.41, 5.74) is 0. The second-order valence-corrected chi connectivity index (χ2v) is 7.52. The molecule has 0 aromatic carbocycles. The number of piperidine rings is 1. The fraction of sp³-hybridized carbons (Fsp3) is 0.933. The van der Waals surface area contributed by atoms with Crippen molar-refractivity contribution in [3.8, 4) is 0 Å². The molecule has 1 aliphatic heterocycles. The van der Waals surface area contributed by atoms with Crippen molar-refractivity contribution < 1.29 is 79.4 Å². The molecule has 202 valence electrons. The molecule has 1 heterocycles. The van der Waals surface area contributed by atoms with E-state index in [2.05, 4.69) is 0 Å². The Hall–Kier alpha value is -1.72. The van der Waals surface area contributed by atoms with Gasteiger partial charge in [0.1, 0.15) is 0 Å². The molecule has 1 saturated heterocycles. The Kier molecular flexibility index (Phi) is 7.28. The van der Waals surface area contributed by atoms with Crippen LogP contribution < -0.4 is 0 Å². The van der Waals surface area contributed by atoms with E-state index in [0.29, 0.717) is 0 Å². The van der Waals surface area contributed by atoms with Crippen LogP contribution in [0, 0.1) is 5.92 Å². The first-order chi connectivity index (χ1) is 14.7. The molecule has 0 N–H and O–H groups in total. The summed E-state index contributed by atoms with van der Waals surface area (Å²) in [4.78, 5) is 11.4. The van der Waals surface area contributed by atoms with Gasteiger partial charge >= 0.3 is 47.6 Å². The van der Waals surface area contributed by atoms with Gasteiger partial charge in [-0.2, -0.15) is 74.6 Å². The number of halogens is 17. The zero-order valence-electron chi connectivity index (χ0n) is 16.2. The van der Waals surface area contributed by atoms with Gasteiger partial charge in [0.15, 0.2) is 0 Å². The van der Waals surface area contributed by atoms with Gasteiger partial charge in [0.25, 0.3) is 5.91 Å². The molecule has 1 unspecified atom stereocenters. The quantitative estimate of drug-likeness (QED) is 0.347. The van der Waals surface area contributed by atoms with E-state index >= 15 is 0 Å². The third-order valence-corrected chi connectivity index (χ3v) is 4.93. The summed E-state index contributed by atoms with van der Waals surface area (Å²) in [5, 5.41) is 0. The molecule has 2 nitrogen and oxygen atoms in total. The van der Waals surface area contributed by atoms with Crippen molar-refractivity contribution in [3.63, 3.8) is 0 Å². The smallest absolute Gasteiger partial charge is 0.337 e. The number of carbonyl (C=O) groups is 1. The van der Waals surface area contributed by atoms with Gasteiger partial charge in [0, 0.05) is 13.1 Å². The molecule has 1 rings (SSSR count). The molecular weight excluding hydrogens is 533 g/mol. The van der Waals surface area contributed by atoms with Crippen LogP contribution in [0.15, 0.2) is 0 Å². The van der Waals surface area contributed by atoms with E-state index in [9.17, 15) is 79.4 Å². The number of amides is 1. The van der Waals surface area contributed by atoms with Crippen LogP contribution >= 0.6 is 0 Å². The van der Waals surface area contributed by atoms with Crippen LogP contribution in [-0.2, 0) is 4.79 Å². The Balaban J connectivity index is 3.58. The van der Waals surface area contributed by atoms with Gasteiger partial charge in [-0.15, -0.1) is 0 Å². The van der Waals surface area contributed by atoms with Crippen LogP contribution in [0.5, 0.6) is 0 Å². The Bertz CT molecular complexity index is 771. The third kappa shape index (κ3) is 3.93. The Morgan fingerprint density at radius 3 is 1.32 bits per heavy atom. The van der Waals surface area contributed by atoms with Crippen molar-refractivity contribution in [1.82, 2.24) is 4.90 Å². The molecule has 19 heteroatoms. The van der Waals surface area contributed by atoms with Gasteiger partial charge in [0.2, 0.25) is 0 Å². The standard InChI is InChI=1S/C15H12F17NO/c1-6-3-2-4-33(5-6)7(34)8(16,17)9(18,19)10(20,21)11(22,23)12(24,25)13(26,27)14(28,29)15(30,31)32/h6H,2-5H2,1H3. The van der Waals surface area contributed by atoms with E-state index in [1.54, 1.807) is 0 Å². The van der Waals surface area contributed by atoms with Crippen molar-refractivity contribution in [1.29, 1.82) is 0 Å². The normalized spacial score (nSPS) is 20.5. The maximum absolute atomic E-state index is 13.9. The predicted molar refractivity (Wildman–Crippen MR) is 75.7 cm³/mol. The highest BCUT2D eigenvalue weighted by Gasteiger charge is 2.95. The fourth-order valence-corrected chi connectivity index (χ4v) is 2.87. The van der Waals surface area contributed by atoms with Crippen LogP contribution in [0.4, 0.5) is 74.6 Å². The lowest BCUT2D eigenvalue weighted by molar-refractivity contribution is -0.459. The van der Waals surface area contributed by atoms with E-state index in [-0.39, 0.29) is 17.7 Å². The topological polar surface area (TPSA) is 20.3 Å². The van der Waals surface area contributed by atoms with Gasteiger partial charge < -0.3 is 4.90 Å². The first-order valence-corrected chi connectivity index (χ1v) is 8.67. The van der Waals surface area contributed by atoms with Crippen molar-refractivity contribution in [2.24, 2.45) is 5.92 Å². The molecule has 0 spiro atoms. The van der Waals surface area contributed by atoms with Gasteiger partial charge in [0.05, 0.1) is 0 Å². The largest absolute Gasteiger partial charge is 0.460 e. The SMILES string of the molecule is CC1CCCN(C(=O)C(F)(F)C(F)(F)C(F)(F)C(F)(F)C(F)(F)C(F)(F)C(F)(F)C(F)(F)F)C1. The number of hydrogen-bond acceptors (Lipinski definition) is 1. The van der Waals surface area contributed by atoms with Crippen LogP contribution in [0.2, 0.25) is 0 Å². The van der Waals surface area contributed by atoms with Gasteiger partial charge in [-0.1, -0.05) is 6.92 Å². The minimum atomic E-state index is -8.70. The predicted octanol–water partition coefficient (Wildman–Crippen LogP) is 6.25. The van der Waals surface area contributed by atoms with Crippen molar-refractivity contribution in [2.75, 3.05) is 13.1 Å². The highest BCUT2D eigenvalue weighted by molar-refractivity contribution is 5.85. The lowest BCUT2D eigenvalue weighted by Crippen LogP contribution is -2.75. The summed E-state index contributed by atoms with van der Waals surface area (Å²) >= 11 is 0. The van der Waals surface area contributed by atoms with Crippen molar-refractivity contribution in [3.05, 3.63) is 0 Å². The first-order valence-electron chi connectivity index (χ1n) is 8.67. The average Bonchev–Trinajstić information content (AvgIpc) is 2.65. The maximum atomic E-state index is 13.9.